The van der Waals surface area contributed by atoms with E-state index < -0.39 is 16.0 Å². The van der Waals surface area contributed by atoms with Crippen LogP contribution >= 0.6 is 11.6 Å². The number of carbonyl (C=O) groups is 1. The molecule has 0 spiro atoms. The first kappa shape index (κ1) is 15.9. The first-order valence-electron chi connectivity index (χ1n) is 5.43. The van der Waals surface area contributed by atoms with Crippen LogP contribution in [0.4, 0.5) is 0 Å². The lowest BCUT2D eigenvalue weighted by Gasteiger charge is -2.07. The zero-order chi connectivity index (χ0) is 14.5. The Morgan fingerprint density at radius 2 is 2.05 bits per heavy atom. The van der Waals surface area contributed by atoms with Crippen molar-refractivity contribution in [3.63, 3.8) is 0 Å². The average Bonchev–Trinajstić information content (AvgIpc) is 2.33. The van der Waals surface area contributed by atoms with E-state index in [-0.39, 0.29) is 28.7 Å². The molecule has 1 aromatic carbocycles. The zero-order valence-corrected chi connectivity index (χ0v) is 11.8. The topological polar surface area (TPSA) is 95.7 Å². The molecule has 2 N–H and O–H groups in total. The Labute approximate surface area is 116 Å². The van der Waals surface area contributed by atoms with Gasteiger partial charge in [0.2, 0.25) is 10.0 Å². The van der Waals surface area contributed by atoms with Gasteiger partial charge in [-0.2, -0.15) is 0 Å². The Balaban J connectivity index is 2.82. The first-order chi connectivity index (χ1) is 8.86. The van der Waals surface area contributed by atoms with Crippen molar-refractivity contribution in [3.05, 3.63) is 28.8 Å². The fraction of sp³-hybridized carbons (Fsp3) is 0.364. The Morgan fingerprint density at radius 3 is 2.63 bits per heavy atom. The molecular formula is C11H14ClNO5S. The molecule has 6 nitrogen and oxygen atoms in total. The van der Waals surface area contributed by atoms with Gasteiger partial charge in [-0.05, 0) is 25.1 Å². The number of hydrogen-bond donors (Lipinski definition) is 1. The van der Waals surface area contributed by atoms with Gasteiger partial charge in [-0.3, -0.25) is 0 Å². The molecular weight excluding hydrogens is 294 g/mol. The van der Waals surface area contributed by atoms with Crippen molar-refractivity contribution in [1.29, 1.82) is 0 Å². The van der Waals surface area contributed by atoms with E-state index >= 15 is 0 Å². The van der Waals surface area contributed by atoms with Crippen molar-refractivity contribution in [2.45, 2.75) is 11.8 Å². The van der Waals surface area contributed by atoms with E-state index in [1.807, 2.05) is 6.92 Å². The predicted octanol–water partition coefficient (Wildman–Crippen LogP) is 1.18. The van der Waals surface area contributed by atoms with E-state index in [4.69, 9.17) is 26.2 Å². The van der Waals surface area contributed by atoms with Crippen molar-refractivity contribution < 1.29 is 22.7 Å². The molecule has 0 heterocycles. The lowest BCUT2D eigenvalue weighted by Crippen LogP contribution is -2.15. The lowest BCUT2D eigenvalue weighted by atomic mass is 10.2. The molecule has 0 aliphatic carbocycles. The minimum Gasteiger partial charge on any atom is -0.460 e. The van der Waals surface area contributed by atoms with Gasteiger partial charge in [0, 0.05) is 6.61 Å². The smallest absolute Gasteiger partial charge is 0.338 e. The summed E-state index contributed by atoms with van der Waals surface area (Å²) >= 11 is 5.70. The fourth-order valence-corrected chi connectivity index (χ4v) is 2.34. The minimum absolute atomic E-state index is 0.0478. The zero-order valence-electron chi connectivity index (χ0n) is 10.3. The number of nitrogens with two attached hydrogens (primary N) is 1. The second kappa shape index (κ2) is 6.85. The van der Waals surface area contributed by atoms with Crippen LogP contribution in [0.3, 0.4) is 0 Å². The molecule has 106 valence electrons. The van der Waals surface area contributed by atoms with Gasteiger partial charge in [-0.1, -0.05) is 11.6 Å². The SMILES string of the molecule is CCOCCOC(=O)c1ccc(Cl)c(S(N)(=O)=O)c1. The number of ether oxygens (including phenoxy) is 2. The van der Waals surface area contributed by atoms with Crippen LogP contribution in [0.5, 0.6) is 0 Å². The van der Waals surface area contributed by atoms with Gasteiger partial charge in [0.15, 0.2) is 0 Å². The fourth-order valence-electron chi connectivity index (χ4n) is 1.27. The van der Waals surface area contributed by atoms with Crippen molar-refractivity contribution in [2.24, 2.45) is 5.14 Å². The maximum atomic E-state index is 11.6. The molecule has 0 bridgehead atoms. The molecule has 1 aromatic rings. The molecule has 0 aliphatic heterocycles. The molecule has 1 rings (SSSR count). The van der Waals surface area contributed by atoms with Crippen LogP contribution in [0, 0.1) is 0 Å². The number of rotatable bonds is 6. The van der Waals surface area contributed by atoms with Crippen LogP contribution in [0.15, 0.2) is 23.1 Å². The molecule has 0 unspecified atom stereocenters. The Kier molecular flexibility index (Phi) is 5.74. The van der Waals surface area contributed by atoms with E-state index in [0.717, 1.165) is 6.07 Å². The summed E-state index contributed by atoms with van der Waals surface area (Å²) in [6, 6.07) is 3.72. The highest BCUT2D eigenvalue weighted by molar-refractivity contribution is 7.89. The van der Waals surface area contributed by atoms with E-state index in [9.17, 15) is 13.2 Å². The second-order valence-corrected chi connectivity index (χ2v) is 5.46. The van der Waals surface area contributed by atoms with Crippen LogP contribution in [0.2, 0.25) is 5.02 Å². The third kappa shape index (κ3) is 4.79. The van der Waals surface area contributed by atoms with Gasteiger partial charge in [0.25, 0.3) is 0 Å². The predicted molar refractivity (Wildman–Crippen MR) is 69.6 cm³/mol. The maximum absolute atomic E-state index is 11.6. The van der Waals surface area contributed by atoms with Gasteiger partial charge in [-0.15, -0.1) is 0 Å². The standard InChI is InChI=1S/C11H14ClNO5S/c1-2-17-5-6-18-11(14)8-3-4-9(12)10(7-8)19(13,15)16/h3-4,7H,2,5-6H2,1H3,(H2,13,15,16). The van der Waals surface area contributed by atoms with Crippen LogP contribution in [-0.2, 0) is 19.5 Å². The van der Waals surface area contributed by atoms with E-state index in [0.29, 0.717) is 6.61 Å². The largest absolute Gasteiger partial charge is 0.460 e. The number of carbonyl (C=O) groups excluding carboxylic acids is 1. The molecule has 0 aliphatic rings. The van der Waals surface area contributed by atoms with Gasteiger partial charge in [0.05, 0.1) is 17.2 Å². The number of primary sulfonamides is 1. The number of benzene rings is 1. The van der Waals surface area contributed by atoms with Crippen LogP contribution in [-0.4, -0.2) is 34.2 Å². The third-order valence-corrected chi connectivity index (χ3v) is 3.53. The average molecular weight is 308 g/mol. The number of halogens is 1. The number of hydrogen-bond acceptors (Lipinski definition) is 5. The summed E-state index contributed by atoms with van der Waals surface area (Å²) < 4.78 is 32.4. The Bertz CT molecular complexity index is 558. The quantitative estimate of drug-likeness (QED) is 0.629. The molecule has 8 heteroatoms. The molecule has 0 saturated heterocycles. The summed E-state index contributed by atoms with van der Waals surface area (Å²) in [5, 5.41) is 4.93. The van der Waals surface area contributed by atoms with Crippen molar-refractivity contribution in [3.8, 4) is 0 Å². The monoisotopic (exact) mass is 307 g/mol. The highest BCUT2D eigenvalue weighted by Gasteiger charge is 2.16. The summed E-state index contributed by atoms with van der Waals surface area (Å²) in [6.45, 7) is 2.70. The van der Waals surface area contributed by atoms with Gasteiger partial charge >= 0.3 is 5.97 Å². The normalized spacial score (nSPS) is 11.3. The van der Waals surface area contributed by atoms with Gasteiger partial charge < -0.3 is 9.47 Å². The Hall–Kier alpha value is -1.15. The Morgan fingerprint density at radius 1 is 1.37 bits per heavy atom. The first-order valence-corrected chi connectivity index (χ1v) is 7.36. The maximum Gasteiger partial charge on any atom is 0.338 e. The minimum atomic E-state index is -3.98. The highest BCUT2D eigenvalue weighted by Crippen LogP contribution is 2.21. The van der Waals surface area contributed by atoms with Crippen molar-refractivity contribution in [1.82, 2.24) is 0 Å². The molecule has 0 saturated carbocycles. The van der Waals surface area contributed by atoms with Crippen LogP contribution in [0.25, 0.3) is 0 Å². The highest BCUT2D eigenvalue weighted by atomic mass is 35.5. The summed E-state index contributed by atoms with van der Waals surface area (Å²) in [6.07, 6.45) is 0. The van der Waals surface area contributed by atoms with E-state index in [2.05, 4.69) is 0 Å². The molecule has 0 amide bonds. The van der Waals surface area contributed by atoms with E-state index in [1.54, 1.807) is 0 Å². The molecule has 0 radical (unpaired) electrons. The van der Waals surface area contributed by atoms with Crippen LogP contribution < -0.4 is 5.14 Å². The summed E-state index contributed by atoms with van der Waals surface area (Å²) in [5.41, 5.74) is 0.0601. The van der Waals surface area contributed by atoms with E-state index in [1.165, 1.54) is 12.1 Å². The number of esters is 1. The lowest BCUT2D eigenvalue weighted by molar-refractivity contribution is 0.0335. The second-order valence-electron chi connectivity index (χ2n) is 3.52. The summed E-state index contributed by atoms with van der Waals surface area (Å²) in [4.78, 5) is 11.3. The van der Waals surface area contributed by atoms with Crippen molar-refractivity contribution in [2.75, 3.05) is 19.8 Å². The van der Waals surface area contributed by atoms with Crippen molar-refractivity contribution >= 4 is 27.6 Å². The van der Waals surface area contributed by atoms with Gasteiger partial charge in [-0.25, -0.2) is 18.4 Å². The molecule has 0 aromatic heterocycles. The van der Waals surface area contributed by atoms with Gasteiger partial charge in [0.1, 0.15) is 11.5 Å². The summed E-state index contributed by atoms with van der Waals surface area (Å²) in [5.74, 6) is -0.665. The third-order valence-electron chi connectivity index (χ3n) is 2.14. The molecule has 19 heavy (non-hydrogen) atoms. The molecule has 0 atom stereocenters. The molecule has 0 fully saturated rings. The van der Waals surface area contributed by atoms with Crippen LogP contribution in [0.1, 0.15) is 17.3 Å². The number of sulfonamides is 1. The summed E-state index contributed by atoms with van der Waals surface area (Å²) in [7, 11) is -3.98.